The van der Waals surface area contributed by atoms with E-state index in [-0.39, 0.29) is 23.2 Å². The summed E-state index contributed by atoms with van der Waals surface area (Å²) in [5.74, 6) is 8.02. The van der Waals surface area contributed by atoms with Crippen molar-refractivity contribution in [1.82, 2.24) is 0 Å². The van der Waals surface area contributed by atoms with Gasteiger partial charge in [0, 0.05) is 5.56 Å². The molecule has 1 aromatic carbocycles. The van der Waals surface area contributed by atoms with Crippen LogP contribution in [0.3, 0.4) is 0 Å². The molecule has 2 rings (SSSR count). The maximum absolute atomic E-state index is 12.4. The Morgan fingerprint density at radius 3 is 2.52 bits per heavy atom. The third-order valence-corrected chi connectivity index (χ3v) is 4.18. The second kappa shape index (κ2) is 6.76. The van der Waals surface area contributed by atoms with Crippen LogP contribution in [-0.4, -0.2) is 12.1 Å². The quantitative estimate of drug-likeness (QED) is 0.482. The van der Waals surface area contributed by atoms with Crippen molar-refractivity contribution in [3.63, 3.8) is 0 Å². The van der Waals surface area contributed by atoms with Crippen LogP contribution in [0.15, 0.2) is 42.0 Å². The molecule has 0 aliphatic heterocycles. The second-order valence-electron chi connectivity index (χ2n) is 6.69. The highest BCUT2D eigenvalue weighted by Gasteiger charge is 2.61. The molecule has 0 bridgehead atoms. The van der Waals surface area contributed by atoms with Gasteiger partial charge in [-0.1, -0.05) is 49.6 Å². The summed E-state index contributed by atoms with van der Waals surface area (Å²) in [6.45, 7) is 8.21. The van der Waals surface area contributed by atoms with Crippen LogP contribution in [0.1, 0.15) is 33.3 Å². The summed E-state index contributed by atoms with van der Waals surface area (Å²) in [5.41, 5.74) is 1.97. The number of carbonyl (C=O) groups is 1. The highest BCUT2D eigenvalue weighted by Crippen LogP contribution is 2.59. The summed E-state index contributed by atoms with van der Waals surface area (Å²) in [5, 5.41) is 0. The van der Waals surface area contributed by atoms with Crippen LogP contribution in [0, 0.1) is 41.4 Å². The molecule has 1 aromatic rings. The van der Waals surface area contributed by atoms with Gasteiger partial charge in [0.1, 0.15) is 0 Å². The smallest absolute Gasteiger partial charge is 0.312 e. The van der Waals surface area contributed by atoms with Gasteiger partial charge in [-0.25, -0.2) is 0 Å². The van der Waals surface area contributed by atoms with Crippen molar-refractivity contribution in [3.8, 4) is 24.2 Å². The van der Waals surface area contributed by atoms with Crippen molar-refractivity contribution in [3.05, 3.63) is 47.5 Å². The van der Waals surface area contributed by atoms with E-state index in [1.165, 1.54) is 5.57 Å². The van der Waals surface area contributed by atoms with Crippen molar-refractivity contribution >= 4 is 5.97 Å². The third-order valence-electron chi connectivity index (χ3n) is 4.18. The highest BCUT2D eigenvalue weighted by molar-refractivity contribution is 5.79. The van der Waals surface area contributed by atoms with Crippen LogP contribution in [0.2, 0.25) is 0 Å². The fourth-order valence-electron chi connectivity index (χ4n) is 2.76. The minimum atomic E-state index is -0.813. The number of carbonyl (C=O) groups excluding carboxylic acids is 1. The van der Waals surface area contributed by atoms with E-state index in [1.807, 2.05) is 44.2 Å². The molecule has 118 valence electrons. The third kappa shape index (κ3) is 4.05. The normalized spacial score (nSPS) is 21.9. The minimum Gasteiger partial charge on any atom is -0.437 e. The Labute approximate surface area is 138 Å². The lowest BCUT2D eigenvalue weighted by molar-refractivity contribution is -0.147. The Bertz CT molecular complexity index is 704. The van der Waals surface area contributed by atoms with E-state index in [4.69, 9.17) is 11.2 Å². The first-order valence-corrected chi connectivity index (χ1v) is 7.74. The first kappa shape index (κ1) is 16.9. The molecule has 23 heavy (non-hydrogen) atoms. The van der Waals surface area contributed by atoms with Gasteiger partial charge < -0.3 is 4.74 Å². The summed E-state index contributed by atoms with van der Waals surface area (Å²) in [6, 6.07) is 9.49. The van der Waals surface area contributed by atoms with E-state index >= 15 is 0 Å². The number of ether oxygens (including phenoxy) is 1. The lowest BCUT2D eigenvalue weighted by atomic mass is 10.1. The van der Waals surface area contributed by atoms with Crippen molar-refractivity contribution < 1.29 is 9.53 Å². The summed E-state index contributed by atoms with van der Waals surface area (Å²) in [6.07, 6.45) is 6.77. The van der Waals surface area contributed by atoms with Crippen molar-refractivity contribution in [1.29, 1.82) is 0 Å². The lowest BCUT2D eigenvalue weighted by Gasteiger charge is -2.07. The molecule has 2 nitrogen and oxygen atoms in total. The number of benzene rings is 1. The Kier molecular flexibility index (Phi) is 4.97. The molecule has 1 aliphatic rings. The van der Waals surface area contributed by atoms with Gasteiger partial charge in [0.05, 0.1) is 5.92 Å². The Morgan fingerprint density at radius 1 is 1.30 bits per heavy atom. The molecule has 0 radical (unpaired) electrons. The van der Waals surface area contributed by atoms with E-state index in [9.17, 15) is 4.79 Å². The molecule has 2 heteroatoms. The van der Waals surface area contributed by atoms with E-state index in [2.05, 4.69) is 37.7 Å². The highest BCUT2D eigenvalue weighted by atomic mass is 16.5. The molecule has 0 N–H and O–H groups in total. The maximum Gasteiger partial charge on any atom is 0.312 e. The number of esters is 1. The number of hydrogen-bond acceptors (Lipinski definition) is 2. The summed E-state index contributed by atoms with van der Waals surface area (Å²) >= 11 is 0. The molecule has 1 aliphatic carbocycles. The molecule has 3 atom stereocenters. The minimum absolute atomic E-state index is 0.0830. The molecule has 0 aromatic heterocycles. The molecule has 0 spiro atoms. The zero-order chi connectivity index (χ0) is 17.0. The molecule has 1 saturated carbocycles. The maximum atomic E-state index is 12.4. The van der Waals surface area contributed by atoms with Gasteiger partial charge >= 0.3 is 5.97 Å². The molecule has 0 saturated heterocycles. The molecule has 0 amide bonds. The van der Waals surface area contributed by atoms with Crippen molar-refractivity contribution in [2.24, 2.45) is 17.3 Å². The SMILES string of the molecule is C#CC(C#Cc1ccccc1)OC(=O)C1C(C=C(C)C)C1(C)C. The van der Waals surface area contributed by atoms with Crippen LogP contribution in [0.5, 0.6) is 0 Å². The van der Waals surface area contributed by atoms with Crippen molar-refractivity contribution in [2.45, 2.75) is 33.8 Å². The number of hydrogen-bond donors (Lipinski definition) is 0. The Morgan fingerprint density at radius 2 is 1.96 bits per heavy atom. The number of terminal acetylenes is 1. The van der Waals surface area contributed by atoms with E-state index in [0.29, 0.717) is 0 Å². The fourth-order valence-corrected chi connectivity index (χ4v) is 2.76. The van der Waals surface area contributed by atoms with Crippen LogP contribution < -0.4 is 0 Å². The summed E-state index contributed by atoms with van der Waals surface area (Å²) in [7, 11) is 0. The standard InChI is InChI=1S/C21H22O2/c1-6-17(13-12-16-10-8-7-9-11-16)23-20(22)19-18(14-15(2)3)21(19,4)5/h1,7-11,14,17-19H,2-5H3. The largest absolute Gasteiger partial charge is 0.437 e. The predicted molar refractivity (Wildman–Crippen MR) is 92.2 cm³/mol. The number of rotatable bonds is 3. The monoisotopic (exact) mass is 306 g/mol. The topological polar surface area (TPSA) is 26.3 Å². The van der Waals surface area contributed by atoms with Crippen LogP contribution in [0.4, 0.5) is 0 Å². The van der Waals surface area contributed by atoms with Crippen molar-refractivity contribution in [2.75, 3.05) is 0 Å². The molecule has 1 fully saturated rings. The first-order valence-electron chi connectivity index (χ1n) is 7.74. The average molecular weight is 306 g/mol. The summed E-state index contributed by atoms with van der Waals surface area (Å²) < 4.78 is 5.41. The van der Waals surface area contributed by atoms with Crippen LogP contribution in [-0.2, 0) is 9.53 Å². The lowest BCUT2D eigenvalue weighted by Crippen LogP contribution is -2.18. The van der Waals surface area contributed by atoms with Crippen LogP contribution >= 0.6 is 0 Å². The van der Waals surface area contributed by atoms with E-state index in [1.54, 1.807) is 0 Å². The second-order valence-corrected chi connectivity index (χ2v) is 6.69. The van der Waals surface area contributed by atoms with Gasteiger partial charge in [0.15, 0.2) is 0 Å². The molecular weight excluding hydrogens is 284 g/mol. The molecule has 3 unspecified atom stereocenters. The van der Waals surface area contributed by atoms with Gasteiger partial charge in [0.2, 0.25) is 6.10 Å². The predicted octanol–water partition coefficient (Wildman–Crippen LogP) is 3.82. The molecular formula is C21H22O2. The van der Waals surface area contributed by atoms with Gasteiger partial charge in [-0.2, -0.15) is 0 Å². The van der Waals surface area contributed by atoms with Crippen LogP contribution in [0.25, 0.3) is 0 Å². The summed E-state index contributed by atoms with van der Waals surface area (Å²) in [4.78, 5) is 12.4. The van der Waals surface area contributed by atoms with Gasteiger partial charge in [-0.15, -0.1) is 6.42 Å². The number of allylic oxidation sites excluding steroid dienone is 2. The van der Waals surface area contributed by atoms with E-state index < -0.39 is 6.10 Å². The Hall–Kier alpha value is -2.45. The Balaban J connectivity index is 2.03. The zero-order valence-electron chi connectivity index (χ0n) is 14.1. The van der Waals surface area contributed by atoms with Gasteiger partial charge in [0.25, 0.3) is 0 Å². The molecule has 0 heterocycles. The van der Waals surface area contributed by atoms with Gasteiger partial charge in [-0.05, 0) is 49.2 Å². The average Bonchev–Trinajstić information content (AvgIpc) is 3.04. The zero-order valence-corrected chi connectivity index (χ0v) is 14.1. The first-order chi connectivity index (χ1) is 10.9. The fraction of sp³-hybridized carbons (Fsp3) is 0.381. The van der Waals surface area contributed by atoms with Gasteiger partial charge in [-0.3, -0.25) is 4.79 Å². The van der Waals surface area contributed by atoms with E-state index in [0.717, 1.165) is 5.56 Å².